The summed E-state index contributed by atoms with van der Waals surface area (Å²) >= 11 is 0. The van der Waals surface area contributed by atoms with E-state index in [1.165, 1.54) is 5.30 Å². The number of hydrogen-bond acceptors (Lipinski definition) is 1. The van der Waals surface area contributed by atoms with Gasteiger partial charge in [-0.15, -0.1) is 9.24 Å². The van der Waals surface area contributed by atoms with Gasteiger partial charge in [-0.3, -0.25) is 0 Å². The van der Waals surface area contributed by atoms with Gasteiger partial charge >= 0.3 is 5.97 Å². The Morgan fingerprint density at radius 2 is 1.53 bits per heavy atom. The molecule has 0 aliphatic heterocycles. The third-order valence-corrected chi connectivity index (χ3v) is 2.56. The molecular formula is C14H15O2P. The lowest BCUT2D eigenvalue weighted by Gasteiger charge is -1.96. The number of aryl methyl sites for hydroxylation is 1. The first-order chi connectivity index (χ1) is 8.11. The van der Waals surface area contributed by atoms with Crippen molar-refractivity contribution in [3.8, 4) is 0 Å². The standard InChI is InChI=1S/C8H8O2.C6H7P/c1-6-4-2-3-5-7(6)8(9)10;7-6-4-2-1-3-5-6/h2-5H,1H3,(H,9,10);1-5H,7H2. The lowest BCUT2D eigenvalue weighted by molar-refractivity contribution is 0.0696. The summed E-state index contributed by atoms with van der Waals surface area (Å²) in [5, 5.41) is 9.80. The normalized spacial score (nSPS) is 9.06. The minimum Gasteiger partial charge on any atom is -0.478 e. The van der Waals surface area contributed by atoms with Crippen LogP contribution in [-0.4, -0.2) is 11.1 Å². The number of carboxylic acids is 1. The van der Waals surface area contributed by atoms with Crippen LogP contribution in [0.25, 0.3) is 0 Å². The number of carbonyl (C=O) groups is 1. The Balaban J connectivity index is 0.000000181. The van der Waals surface area contributed by atoms with Crippen LogP contribution < -0.4 is 5.30 Å². The Bertz CT molecular complexity index is 481. The number of hydrogen-bond donors (Lipinski definition) is 1. The minimum absolute atomic E-state index is 0.377. The molecule has 2 rings (SSSR count). The fourth-order valence-corrected chi connectivity index (χ4v) is 1.49. The minimum atomic E-state index is -0.863. The van der Waals surface area contributed by atoms with Crippen LogP contribution in [0, 0.1) is 6.92 Å². The summed E-state index contributed by atoms with van der Waals surface area (Å²) in [6, 6.07) is 17.0. The van der Waals surface area contributed by atoms with E-state index in [9.17, 15) is 4.79 Å². The number of rotatable bonds is 1. The monoisotopic (exact) mass is 246 g/mol. The van der Waals surface area contributed by atoms with Gasteiger partial charge < -0.3 is 5.11 Å². The predicted molar refractivity (Wildman–Crippen MR) is 73.9 cm³/mol. The van der Waals surface area contributed by atoms with E-state index in [-0.39, 0.29) is 0 Å². The summed E-state index contributed by atoms with van der Waals surface area (Å²) in [6.45, 7) is 1.78. The number of aromatic carboxylic acids is 1. The van der Waals surface area contributed by atoms with Crippen molar-refractivity contribution in [2.24, 2.45) is 0 Å². The molecule has 0 saturated carbocycles. The summed E-state index contributed by atoms with van der Waals surface area (Å²) in [7, 11) is 2.63. The van der Waals surface area contributed by atoms with Gasteiger partial charge in [-0.05, 0) is 23.9 Å². The first-order valence-corrected chi connectivity index (χ1v) is 5.78. The van der Waals surface area contributed by atoms with Crippen LogP contribution in [0.5, 0.6) is 0 Å². The molecule has 0 aromatic heterocycles. The number of benzene rings is 2. The highest BCUT2D eigenvalue weighted by Gasteiger charge is 2.02. The molecule has 0 bridgehead atoms. The van der Waals surface area contributed by atoms with Gasteiger partial charge in [0, 0.05) is 0 Å². The molecule has 0 amide bonds. The highest BCUT2D eigenvalue weighted by atomic mass is 31.0. The molecule has 1 atom stereocenters. The van der Waals surface area contributed by atoms with E-state index in [0.29, 0.717) is 5.56 Å². The summed E-state index contributed by atoms with van der Waals surface area (Å²) in [5.74, 6) is -0.863. The summed E-state index contributed by atoms with van der Waals surface area (Å²) in [5.41, 5.74) is 1.18. The maximum atomic E-state index is 10.4. The third-order valence-electron chi connectivity index (χ3n) is 2.18. The molecule has 3 heteroatoms. The van der Waals surface area contributed by atoms with Crippen LogP contribution in [0.4, 0.5) is 0 Å². The van der Waals surface area contributed by atoms with Crippen molar-refractivity contribution >= 4 is 20.5 Å². The molecule has 0 radical (unpaired) electrons. The van der Waals surface area contributed by atoms with Crippen LogP contribution in [0.3, 0.4) is 0 Å². The van der Waals surface area contributed by atoms with Crippen LogP contribution in [-0.2, 0) is 0 Å². The largest absolute Gasteiger partial charge is 0.478 e. The molecular weight excluding hydrogens is 231 g/mol. The predicted octanol–water partition coefficient (Wildman–Crippen LogP) is 2.88. The van der Waals surface area contributed by atoms with Crippen LogP contribution in [0.2, 0.25) is 0 Å². The first-order valence-electron chi connectivity index (χ1n) is 5.20. The molecule has 1 N–H and O–H groups in total. The molecule has 0 saturated heterocycles. The molecule has 2 aromatic carbocycles. The van der Waals surface area contributed by atoms with E-state index in [1.54, 1.807) is 25.1 Å². The molecule has 17 heavy (non-hydrogen) atoms. The smallest absolute Gasteiger partial charge is 0.335 e. The van der Waals surface area contributed by atoms with Gasteiger partial charge in [-0.25, -0.2) is 4.79 Å². The first kappa shape index (κ1) is 13.4. The Hall–Kier alpha value is -1.66. The van der Waals surface area contributed by atoms with E-state index < -0.39 is 5.97 Å². The highest BCUT2D eigenvalue weighted by Crippen LogP contribution is 2.05. The van der Waals surface area contributed by atoms with Gasteiger partial charge in [0.2, 0.25) is 0 Å². The second kappa shape index (κ2) is 6.82. The molecule has 0 spiro atoms. The van der Waals surface area contributed by atoms with Crippen LogP contribution in [0.15, 0.2) is 54.6 Å². The Morgan fingerprint density at radius 3 is 1.88 bits per heavy atom. The van der Waals surface area contributed by atoms with Crippen LogP contribution >= 0.6 is 9.24 Å². The van der Waals surface area contributed by atoms with Gasteiger partial charge in [0.1, 0.15) is 0 Å². The second-order valence-electron chi connectivity index (χ2n) is 3.53. The lowest BCUT2D eigenvalue weighted by Crippen LogP contribution is -1.97. The van der Waals surface area contributed by atoms with Gasteiger partial charge in [-0.2, -0.15) is 0 Å². The zero-order valence-corrected chi connectivity index (χ0v) is 10.8. The average molecular weight is 246 g/mol. The maximum Gasteiger partial charge on any atom is 0.335 e. The van der Waals surface area contributed by atoms with Crippen molar-refractivity contribution in [2.45, 2.75) is 6.92 Å². The molecule has 88 valence electrons. The molecule has 0 aliphatic carbocycles. The van der Waals surface area contributed by atoms with E-state index in [4.69, 9.17) is 5.11 Å². The van der Waals surface area contributed by atoms with Gasteiger partial charge in [-0.1, -0.05) is 48.5 Å². The fourth-order valence-electron chi connectivity index (χ4n) is 1.27. The molecule has 2 aromatic rings. The number of carboxylic acid groups (broad SMARTS) is 1. The summed E-state index contributed by atoms with van der Waals surface area (Å²) < 4.78 is 0. The molecule has 0 aliphatic rings. The Labute approximate surface area is 104 Å². The summed E-state index contributed by atoms with van der Waals surface area (Å²) in [4.78, 5) is 10.4. The van der Waals surface area contributed by atoms with Crippen molar-refractivity contribution in [3.63, 3.8) is 0 Å². The van der Waals surface area contributed by atoms with Crippen LogP contribution in [0.1, 0.15) is 15.9 Å². The van der Waals surface area contributed by atoms with Crippen molar-refractivity contribution in [1.29, 1.82) is 0 Å². The van der Waals surface area contributed by atoms with Crippen molar-refractivity contribution in [3.05, 3.63) is 65.7 Å². The van der Waals surface area contributed by atoms with E-state index in [0.717, 1.165) is 5.56 Å². The quantitative estimate of drug-likeness (QED) is 0.785. The zero-order chi connectivity index (χ0) is 12.7. The lowest BCUT2D eigenvalue weighted by atomic mass is 10.1. The van der Waals surface area contributed by atoms with Gasteiger partial charge in [0.15, 0.2) is 0 Å². The topological polar surface area (TPSA) is 37.3 Å². The Morgan fingerprint density at radius 1 is 1.00 bits per heavy atom. The Kier molecular flexibility index (Phi) is 5.38. The van der Waals surface area contributed by atoms with E-state index in [2.05, 4.69) is 9.24 Å². The van der Waals surface area contributed by atoms with E-state index >= 15 is 0 Å². The van der Waals surface area contributed by atoms with Crippen molar-refractivity contribution in [2.75, 3.05) is 0 Å². The molecule has 0 heterocycles. The molecule has 1 unspecified atom stereocenters. The maximum absolute atomic E-state index is 10.4. The van der Waals surface area contributed by atoms with Gasteiger partial charge in [0.05, 0.1) is 5.56 Å². The zero-order valence-electron chi connectivity index (χ0n) is 9.63. The van der Waals surface area contributed by atoms with Crippen molar-refractivity contribution in [1.82, 2.24) is 0 Å². The third kappa shape index (κ3) is 4.80. The van der Waals surface area contributed by atoms with Crippen molar-refractivity contribution < 1.29 is 9.90 Å². The highest BCUT2D eigenvalue weighted by molar-refractivity contribution is 7.27. The average Bonchev–Trinajstić information content (AvgIpc) is 2.31. The second-order valence-corrected chi connectivity index (χ2v) is 4.20. The molecule has 2 nitrogen and oxygen atoms in total. The molecule has 0 fully saturated rings. The summed E-state index contributed by atoms with van der Waals surface area (Å²) in [6.07, 6.45) is 0. The fraction of sp³-hybridized carbons (Fsp3) is 0.0714. The van der Waals surface area contributed by atoms with Gasteiger partial charge in [0.25, 0.3) is 0 Å². The van der Waals surface area contributed by atoms with E-state index in [1.807, 2.05) is 36.4 Å². The SMILES string of the molecule is Cc1ccccc1C(=O)O.Pc1ccccc1.